The lowest BCUT2D eigenvalue weighted by atomic mass is 9.87. The van der Waals surface area contributed by atoms with Crippen LogP contribution in [-0.2, 0) is 5.41 Å². The third kappa shape index (κ3) is 5.77. The van der Waals surface area contributed by atoms with E-state index in [1.807, 2.05) is 41.2 Å². The van der Waals surface area contributed by atoms with E-state index in [1.54, 1.807) is 0 Å². The average molecular weight is 598 g/mol. The molecule has 6 rings (SSSR count). The minimum Gasteiger partial charge on any atom is -0.457 e. The van der Waals surface area contributed by atoms with Crippen molar-refractivity contribution in [1.29, 1.82) is 0 Å². The minimum atomic E-state index is -0.00632. The van der Waals surface area contributed by atoms with Gasteiger partial charge in [0.15, 0.2) is 0 Å². The van der Waals surface area contributed by atoms with E-state index in [9.17, 15) is 0 Å². The number of ether oxygens (including phenoxy) is 1. The summed E-state index contributed by atoms with van der Waals surface area (Å²) >= 11 is 0. The summed E-state index contributed by atoms with van der Waals surface area (Å²) in [7, 11) is 0. The molecule has 0 atom stereocenters. The van der Waals surface area contributed by atoms with Crippen molar-refractivity contribution < 1.29 is 4.74 Å². The second-order valence-corrected chi connectivity index (χ2v) is 13.6. The van der Waals surface area contributed by atoms with Crippen LogP contribution in [0.25, 0.3) is 33.8 Å². The Hall–Kier alpha value is -4.71. The van der Waals surface area contributed by atoms with Crippen molar-refractivity contribution in [2.45, 2.75) is 79.6 Å². The third-order valence-corrected chi connectivity index (χ3v) is 8.39. The van der Waals surface area contributed by atoms with E-state index in [4.69, 9.17) is 19.8 Å². The van der Waals surface area contributed by atoms with Crippen molar-refractivity contribution in [2.24, 2.45) is 0 Å². The molecule has 230 valence electrons. The fourth-order valence-corrected chi connectivity index (χ4v) is 6.18. The van der Waals surface area contributed by atoms with Crippen molar-refractivity contribution in [3.05, 3.63) is 113 Å². The molecular weight excluding hydrogens is 554 g/mol. The molecule has 0 spiro atoms. The zero-order valence-electron chi connectivity index (χ0n) is 27.9. The van der Waals surface area contributed by atoms with Crippen LogP contribution in [0.1, 0.15) is 88.6 Å². The van der Waals surface area contributed by atoms with Gasteiger partial charge in [-0.05, 0) is 66.5 Å². The Morgan fingerprint density at radius 3 is 2.22 bits per heavy atom. The minimum absolute atomic E-state index is 0.00632. The Morgan fingerprint density at radius 2 is 1.53 bits per heavy atom. The molecule has 0 unspecified atom stereocenters. The van der Waals surface area contributed by atoms with Gasteiger partial charge in [-0.2, -0.15) is 5.10 Å². The first-order chi connectivity index (χ1) is 21.4. The Morgan fingerprint density at radius 1 is 0.778 bits per heavy atom. The predicted octanol–water partition coefficient (Wildman–Crippen LogP) is 10.2. The molecule has 6 nitrogen and oxygen atoms in total. The number of pyridine rings is 2. The van der Waals surface area contributed by atoms with Gasteiger partial charge in [0.1, 0.15) is 17.1 Å². The molecule has 6 aromatic rings. The summed E-state index contributed by atoms with van der Waals surface area (Å²) in [4.78, 5) is 10.0. The second kappa shape index (κ2) is 11.7. The number of rotatable bonds is 7. The number of nitrogens with zero attached hydrogens (tertiary/aromatic N) is 5. The molecule has 0 saturated heterocycles. The number of aryl methyl sites for hydroxylation is 1. The van der Waals surface area contributed by atoms with E-state index in [0.717, 1.165) is 56.7 Å². The van der Waals surface area contributed by atoms with E-state index in [0.29, 0.717) is 5.75 Å². The van der Waals surface area contributed by atoms with Gasteiger partial charge in [0.2, 0.25) is 0 Å². The zero-order valence-corrected chi connectivity index (χ0v) is 27.9. The summed E-state index contributed by atoms with van der Waals surface area (Å²) < 4.78 is 10.9. The Balaban J connectivity index is 1.46. The van der Waals surface area contributed by atoms with Crippen molar-refractivity contribution in [2.75, 3.05) is 0 Å². The molecule has 0 aliphatic heterocycles. The van der Waals surface area contributed by atoms with Gasteiger partial charge in [-0.1, -0.05) is 84.9 Å². The summed E-state index contributed by atoms with van der Waals surface area (Å²) in [5.74, 6) is 2.01. The summed E-state index contributed by atoms with van der Waals surface area (Å²) in [6, 6.07) is 27.0. The highest BCUT2D eigenvalue weighted by Gasteiger charge is 2.23. The smallest absolute Gasteiger partial charge is 0.141 e. The topological polar surface area (TPSA) is 57.2 Å². The van der Waals surface area contributed by atoms with Crippen LogP contribution in [0.15, 0.2) is 85.1 Å². The second-order valence-electron chi connectivity index (χ2n) is 13.6. The Kier molecular flexibility index (Phi) is 7.86. The number of aromatic nitrogens is 5. The van der Waals surface area contributed by atoms with Crippen molar-refractivity contribution in [1.82, 2.24) is 24.1 Å². The van der Waals surface area contributed by atoms with Crippen LogP contribution in [0.4, 0.5) is 0 Å². The molecule has 0 aliphatic rings. The maximum Gasteiger partial charge on any atom is 0.141 e. The maximum absolute atomic E-state index is 6.62. The van der Waals surface area contributed by atoms with Gasteiger partial charge < -0.3 is 4.74 Å². The van der Waals surface area contributed by atoms with Crippen molar-refractivity contribution in [3.8, 4) is 39.7 Å². The van der Waals surface area contributed by atoms with Crippen LogP contribution in [0.5, 0.6) is 11.5 Å². The number of imidazole rings is 1. The molecule has 0 bridgehead atoms. The molecule has 0 fully saturated rings. The summed E-state index contributed by atoms with van der Waals surface area (Å²) in [6.45, 7) is 19.7. The molecule has 2 aromatic carbocycles. The molecule has 0 aliphatic carbocycles. The van der Waals surface area contributed by atoms with Gasteiger partial charge in [0.05, 0.1) is 28.5 Å². The van der Waals surface area contributed by atoms with E-state index < -0.39 is 0 Å². The van der Waals surface area contributed by atoms with E-state index in [2.05, 4.69) is 115 Å². The zero-order chi connectivity index (χ0) is 32.0. The molecule has 4 heterocycles. The molecule has 0 saturated carbocycles. The molecule has 0 radical (unpaired) electrons. The first kappa shape index (κ1) is 30.3. The molecule has 0 N–H and O–H groups in total. The number of fused-ring (bicyclic) bond motifs is 1. The van der Waals surface area contributed by atoms with Crippen LogP contribution >= 0.6 is 0 Å². The Labute approximate surface area is 266 Å². The number of hydrogen-bond donors (Lipinski definition) is 0. The fourth-order valence-electron chi connectivity index (χ4n) is 6.18. The number of benzene rings is 2. The molecule has 6 heteroatoms. The predicted molar refractivity (Wildman–Crippen MR) is 184 cm³/mol. The summed E-state index contributed by atoms with van der Waals surface area (Å²) in [5, 5.41) is 4.91. The lowest BCUT2D eigenvalue weighted by Gasteiger charge is -2.20. The molecular formula is C39H43N5O. The van der Waals surface area contributed by atoms with E-state index in [-0.39, 0.29) is 17.3 Å². The van der Waals surface area contributed by atoms with E-state index in [1.165, 1.54) is 11.3 Å². The first-order valence-electron chi connectivity index (χ1n) is 15.9. The van der Waals surface area contributed by atoms with Crippen LogP contribution in [0, 0.1) is 13.8 Å². The van der Waals surface area contributed by atoms with Crippen LogP contribution in [-0.4, -0.2) is 24.1 Å². The lowest BCUT2D eigenvalue weighted by molar-refractivity contribution is 0.482. The van der Waals surface area contributed by atoms with Crippen LogP contribution < -0.4 is 4.74 Å². The standard InChI is InChI=1S/C39H43N5O/c1-24(2)37-38(25(3)4)43-34(33-20-29(18-19-40-33)39(7,8)9)22-32(23-35(43)41-37)45-31-17-13-16-30(21-31)44-27(6)36(26(5)42-44)28-14-11-10-12-15-28/h10-25H,1-9H3. The van der Waals surface area contributed by atoms with Gasteiger partial charge in [-0.15, -0.1) is 0 Å². The van der Waals surface area contributed by atoms with Crippen LogP contribution in [0.3, 0.4) is 0 Å². The van der Waals surface area contributed by atoms with Gasteiger partial charge in [0, 0.05) is 41.3 Å². The van der Waals surface area contributed by atoms with Gasteiger partial charge >= 0.3 is 0 Å². The number of hydrogen-bond acceptors (Lipinski definition) is 4. The molecule has 0 amide bonds. The quantitative estimate of drug-likeness (QED) is 0.184. The maximum atomic E-state index is 6.62. The normalized spacial score (nSPS) is 12.1. The molecule has 4 aromatic heterocycles. The van der Waals surface area contributed by atoms with E-state index >= 15 is 0 Å². The van der Waals surface area contributed by atoms with Crippen molar-refractivity contribution in [3.63, 3.8) is 0 Å². The lowest BCUT2D eigenvalue weighted by Crippen LogP contribution is -2.11. The first-order valence-corrected chi connectivity index (χ1v) is 15.9. The molecule has 45 heavy (non-hydrogen) atoms. The highest BCUT2D eigenvalue weighted by molar-refractivity contribution is 5.70. The van der Waals surface area contributed by atoms with Gasteiger partial charge in [-0.3, -0.25) is 9.38 Å². The van der Waals surface area contributed by atoms with Crippen molar-refractivity contribution >= 4 is 5.65 Å². The highest BCUT2D eigenvalue weighted by Crippen LogP contribution is 2.37. The SMILES string of the molecule is Cc1nn(-c2cccc(Oc3cc(-c4cc(C(C)(C)C)ccn4)n4c(C(C)C)c(C(C)C)nc4c3)c2)c(C)c1-c1ccccc1. The largest absolute Gasteiger partial charge is 0.457 e. The summed E-state index contributed by atoms with van der Waals surface area (Å²) in [5.41, 5.74) is 11.6. The van der Waals surface area contributed by atoms with Gasteiger partial charge in [0.25, 0.3) is 0 Å². The average Bonchev–Trinajstić information content (AvgIpc) is 3.54. The Bertz CT molecular complexity index is 1990. The summed E-state index contributed by atoms with van der Waals surface area (Å²) in [6.07, 6.45) is 1.91. The fraction of sp³-hybridized carbons (Fsp3) is 0.308. The third-order valence-electron chi connectivity index (χ3n) is 8.39. The highest BCUT2D eigenvalue weighted by atomic mass is 16.5. The van der Waals surface area contributed by atoms with Crippen LogP contribution in [0.2, 0.25) is 0 Å². The van der Waals surface area contributed by atoms with Gasteiger partial charge in [-0.25, -0.2) is 9.67 Å². The monoisotopic (exact) mass is 597 g/mol.